The van der Waals surface area contributed by atoms with Gasteiger partial charge in [0.05, 0.1) is 6.04 Å². The lowest BCUT2D eigenvalue weighted by atomic mass is 10.0. The van der Waals surface area contributed by atoms with E-state index in [1.165, 1.54) is 6.42 Å². The molecule has 0 heterocycles. The van der Waals surface area contributed by atoms with Crippen molar-refractivity contribution in [3.05, 3.63) is 35.9 Å². The minimum absolute atomic E-state index is 0.0230. The first-order valence-corrected chi connectivity index (χ1v) is 6.39. The van der Waals surface area contributed by atoms with Gasteiger partial charge in [0.25, 0.3) is 0 Å². The summed E-state index contributed by atoms with van der Waals surface area (Å²) in [5.74, 6) is 1.86. The molecule has 17 heavy (non-hydrogen) atoms. The summed E-state index contributed by atoms with van der Waals surface area (Å²) in [6, 6.07) is 9.55. The molecular formula is C15H21NO. The van der Waals surface area contributed by atoms with Gasteiger partial charge in [-0.1, -0.05) is 37.3 Å². The van der Waals surface area contributed by atoms with Crippen LogP contribution >= 0.6 is 0 Å². The summed E-state index contributed by atoms with van der Waals surface area (Å²) in [6.45, 7) is 5.32. The summed E-state index contributed by atoms with van der Waals surface area (Å²) in [5.41, 5.74) is 0.815. The fraction of sp³-hybridized carbons (Fsp3) is 0.533. The lowest BCUT2D eigenvalue weighted by Crippen LogP contribution is -2.37. The van der Waals surface area contributed by atoms with Crippen molar-refractivity contribution in [2.75, 3.05) is 13.6 Å². The first kappa shape index (κ1) is 12.3. The minimum atomic E-state index is -0.0230. The summed E-state index contributed by atoms with van der Waals surface area (Å²) in [7, 11) is 2.05. The molecule has 1 aliphatic rings. The van der Waals surface area contributed by atoms with Gasteiger partial charge in [0.1, 0.15) is 0 Å². The molecule has 0 aliphatic heterocycles. The number of Topliss-reactive ketones (excluding diaryl/α,β-unsaturated/α-hetero) is 1. The van der Waals surface area contributed by atoms with Crippen molar-refractivity contribution in [1.29, 1.82) is 0 Å². The van der Waals surface area contributed by atoms with Crippen LogP contribution in [0.1, 0.15) is 30.6 Å². The van der Waals surface area contributed by atoms with Gasteiger partial charge in [-0.2, -0.15) is 0 Å². The molecule has 3 atom stereocenters. The smallest absolute Gasteiger partial charge is 0.179 e. The molecule has 0 radical (unpaired) electrons. The molecule has 0 spiro atoms. The minimum Gasteiger partial charge on any atom is -0.296 e. The molecular weight excluding hydrogens is 210 g/mol. The Labute approximate surface area is 104 Å². The Bertz CT molecular complexity index is 387. The van der Waals surface area contributed by atoms with E-state index in [1.54, 1.807) is 0 Å². The van der Waals surface area contributed by atoms with Crippen molar-refractivity contribution in [2.45, 2.75) is 26.3 Å². The number of ketones is 1. The predicted molar refractivity (Wildman–Crippen MR) is 70.1 cm³/mol. The highest BCUT2D eigenvalue weighted by molar-refractivity contribution is 5.99. The normalized spacial score (nSPS) is 24.7. The molecule has 0 amide bonds. The van der Waals surface area contributed by atoms with E-state index in [4.69, 9.17) is 0 Å². The number of carbonyl (C=O) groups is 1. The van der Waals surface area contributed by atoms with Gasteiger partial charge in [-0.05, 0) is 32.2 Å². The molecule has 0 N–H and O–H groups in total. The number of carbonyl (C=O) groups excluding carboxylic acids is 1. The Morgan fingerprint density at radius 2 is 2.00 bits per heavy atom. The number of likely N-dealkylation sites (N-methyl/N-ethyl adjacent to an activating group) is 1. The monoisotopic (exact) mass is 231 g/mol. The summed E-state index contributed by atoms with van der Waals surface area (Å²) < 4.78 is 0. The maximum atomic E-state index is 12.2. The van der Waals surface area contributed by atoms with Gasteiger partial charge in [0.2, 0.25) is 0 Å². The lowest BCUT2D eigenvalue weighted by molar-refractivity contribution is 0.0863. The van der Waals surface area contributed by atoms with Crippen LogP contribution in [0, 0.1) is 11.8 Å². The highest BCUT2D eigenvalue weighted by Gasteiger charge is 2.34. The lowest BCUT2D eigenvalue weighted by Gasteiger charge is -2.23. The van der Waals surface area contributed by atoms with Gasteiger partial charge in [-0.25, -0.2) is 0 Å². The van der Waals surface area contributed by atoms with Crippen LogP contribution in [0.2, 0.25) is 0 Å². The van der Waals surface area contributed by atoms with Crippen molar-refractivity contribution in [2.24, 2.45) is 11.8 Å². The molecule has 1 aliphatic carbocycles. The Hall–Kier alpha value is -1.15. The molecule has 92 valence electrons. The fourth-order valence-corrected chi connectivity index (χ4v) is 2.23. The fourth-order valence-electron chi connectivity index (χ4n) is 2.23. The van der Waals surface area contributed by atoms with E-state index >= 15 is 0 Å². The van der Waals surface area contributed by atoms with Gasteiger partial charge in [-0.3, -0.25) is 9.69 Å². The van der Waals surface area contributed by atoms with Crippen LogP contribution in [-0.2, 0) is 0 Å². The van der Waals surface area contributed by atoms with E-state index in [2.05, 4.69) is 18.9 Å². The van der Waals surface area contributed by atoms with Crippen molar-refractivity contribution in [3.63, 3.8) is 0 Å². The molecule has 1 aromatic carbocycles. The quantitative estimate of drug-likeness (QED) is 0.726. The third kappa shape index (κ3) is 2.95. The average Bonchev–Trinajstić information content (AvgIpc) is 3.04. The van der Waals surface area contributed by atoms with E-state index < -0.39 is 0 Å². The van der Waals surface area contributed by atoms with Crippen molar-refractivity contribution >= 4 is 5.78 Å². The van der Waals surface area contributed by atoms with Crippen LogP contribution in [0.15, 0.2) is 30.3 Å². The van der Waals surface area contributed by atoms with Gasteiger partial charge in [0.15, 0.2) is 5.78 Å². The SMILES string of the molecule is CC1CC1CN(C)C(C)C(=O)c1ccccc1. The Balaban J connectivity index is 1.94. The third-order valence-electron chi connectivity index (χ3n) is 3.90. The molecule has 1 saturated carbocycles. The number of hydrogen-bond donors (Lipinski definition) is 0. The Kier molecular flexibility index (Phi) is 3.63. The summed E-state index contributed by atoms with van der Waals surface area (Å²) in [6.07, 6.45) is 1.32. The van der Waals surface area contributed by atoms with E-state index in [0.717, 1.165) is 23.9 Å². The third-order valence-corrected chi connectivity index (χ3v) is 3.90. The van der Waals surface area contributed by atoms with Crippen molar-refractivity contribution in [3.8, 4) is 0 Å². The Morgan fingerprint density at radius 3 is 2.53 bits per heavy atom. The van der Waals surface area contributed by atoms with Crippen LogP contribution in [-0.4, -0.2) is 30.3 Å². The average molecular weight is 231 g/mol. The van der Waals surface area contributed by atoms with E-state index in [-0.39, 0.29) is 11.8 Å². The first-order valence-electron chi connectivity index (χ1n) is 6.39. The maximum Gasteiger partial charge on any atom is 0.179 e. The standard InChI is InChI=1S/C15H21NO/c1-11-9-14(11)10-16(3)12(2)15(17)13-7-5-4-6-8-13/h4-8,11-12,14H,9-10H2,1-3H3. The van der Waals surface area contributed by atoms with E-state index in [0.29, 0.717) is 0 Å². The molecule has 2 nitrogen and oxygen atoms in total. The maximum absolute atomic E-state index is 12.2. The topological polar surface area (TPSA) is 20.3 Å². The van der Waals surface area contributed by atoms with Crippen LogP contribution in [0.5, 0.6) is 0 Å². The number of rotatable bonds is 5. The van der Waals surface area contributed by atoms with E-state index in [9.17, 15) is 4.79 Å². The zero-order valence-corrected chi connectivity index (χ0v) is 10.9. The summed E-state index contributed by atoms with van der Waals surface area (Å²) in [5, 5.41) is 0. The number of nitrogens with zero attached hydrogens (tertiary/aromatic N) is 1. The summed E-state index contributed by atoms with van der Waals surface area (Å²) >= 11 is 0. The molecule has 3 unspecified atom stereocenters. The number of benzene rings is 1. The van der Waals surface area contributed by atoms with Crippen molar-refractivity contribution < 1.29 is 4.79 Å². The van der Waals surface area contributed by atoms with Gasteiger partial charge in [-0.15, -0.1) is 0 Å². The predicted octanol–water partition coefficient (Wildman–Crippen LogP) is 2.85. The largest absolute Gasteiger partial charge is 0.296 e. The van der Waals surface area contributed by atoms with Gasteiger partial charge < -0.3 is 0 Å². The molecule has 1 fully saturated rings. The second-order valence-corrected chi connectivity index (χ2v) is 5.32. The highest BCUT2D eigenvalue weighted by Crippen LogP contribution is 2.38. The first-order chi connectivity index (χ1) is 8.09. The van der Waals surface area contributed by atoms with Crippen LogP contribution < -0.4 is 0 Å². The van der Waals surface area contributed by atoms with Crippen LogP contribution in [0.25, 0.3) is 0 Å². The molecule has 0 aromatic heterocycles. The van der Waals surface area contributed by atoms with Crippen LogP contribution in [0.3, 0.4) is 0 Å². The highest BCUT2D eigenvalue weighted by atomic mass is 16.1. The summed E-state index contributed by atoms with van der Waals surface area (Å²) in [4.78, 5) is 14.4. The second-order valence-electron chi connectivity index (χ2n) is 5.32. The molecule has 0 saturated heterocycles. The molecule has 0 bridgehead atoms. The molecule has 2 heteroatoms. The van der Waals surface area contributed by atoms with E-state index in [1.807, 2.05) is 37.3 Å². The molecule has 1 aromatic rings. The van der Waals surface area contributed by atoms with Crippen LogP contribution in [0.4, 0.5) is 0 Å². The van der Waals surface area contributed by atoms with Crippen molar-refractivity contribution in [1.82, 2.24) is 4.90 Å². The van der Waals surface area contributed by atoms with Gasteiger partial charge in [0, 0.05) is 12.1 Å². The second kappa shape index (κ2) is 5.01. The molecule has 2 rings (SSSR count). The van der Waals surface area contributed by atoms with Gasteiger partial charge >= 0.3 is 0 Å². The Morgan fingerprint density at radius 1 is 1.41 bits per heavy atom. The zero-order valence-electron chi connectivity index (χ0n) is 10.9. The zero-order chi connectivity index (χ0) is 12.4. The number of hydrogen-bond acceptors (Lipinski definition) is 2.